The van der Waals surface area contributed by atoms with Crippen LogP contribution in [-0.2, 0) is 4.74 Å². The molecule has 0 radical (unpaired) electrons. The smallest absolute Gasteiger partial charge is 0.335 e. The summed E-state index contributed by atoms with van der Waals surface area (Å²) in [5, 5.41) is 46.9. The van der Waals surface area contributed by atoms with Crippen molar-refractivity contribution in [2.24, 2.45) is 0 Å². The van der Waals surface area contributed by atoms with Crippen molar-refractivity contribution in [2.45, 2.75) is 24.6 Å². The van der Waals surface area contributed by atoms with Gasteiger partial charge in [-0.1, -0.05) is 0 Å². The summed E-state index contributed by atoms with van der Waals surface area (Å²) in [5.74, 6) is -1.76. The van der Waals surface area contributed by atoms with Crippen molar-refractivity contribution in [3.63, 3.8) is 0 Å². The largest absolute Gasteiger partial charge is 0.504 e. The Morgan fingerprint density at radius 1 is 1.25 bits per heavy atom. The fraction of sp³-hybridized carbons (Fsp3) is 0.417. The number of ether oxygens (including phenoxy) is 2. The van der Waals surface area contributed by atoms with Crippen LogP contribution in [0.15, 0.2) is 18.2 Å². The molecule has 110 valence electrons. The summed E-state index contributed by atoms with van der Waals surface area (Å²) in [6.45, 7) is -0.262. The van der Waals surface area contributed by atoms with Crippen LogP contribution in [0.1, 0.15) is 10.4 Å². The molecule has 1 saturated heterocycles. The minimum atomic E-state index is -1.54. The van der Waals surface area contributed by atoms with E-state index in [0.717, 1.165) is 12.1 Å². The molecule has 0 aromatic heterocycles. The van der Waals surface area contributed by atoms with Gasteiger partial charge in [0, 0.05) is 0 Å². The molecule has 1 fully saturated rings. The van der Waals surface area contributed by atoms with E-state index < -0.39 is 30.6 Å². The van der Waals surface area contributed by atoms with Gasteiger partial charge in [0.25, 0.3) is 0 Å². The fourth-order valence-electron chi connectivity index (χ4n) is 1.75. The Morgan fingerprint density at radius 2 is 1.95 bits per heavy atom. The number of aliphatic hydroxyl groups is 3. The van der Waals surface area contributed by atoms with Crippen LogP contribution in [0.25, 0.3) is 0 Å². The number of aromatic carboxylic acids is 1. The SMILES string of the molecule is O=C(O)c1ccc(O)c(O[C@@H]2OC[C@@H](O)[C@H](O)[C@H]2O)c1. The predicted octanol–water partition coefficient (Wildman–Crippen LogP) is -1.09. The maximum Gasteiger partial charge on any atom is 0.335 e. The predicted molar refractivity (Wildman–Crippen MR) is 63.5 cm³/mol. The molecule has 1 aromatic carbocycles. The molecule has 0 bridgehead atoms. The summed E-state index contributed by atoms with van der Waals surface area (Å²) >= 11 is 0. The maximum absolute atomic E-state index is 10.8. The van der Waals surface area contributed by atoms with Crippen molar-refractivity contribution in [1.29, 1.82) is 0 Å². The minimum absolute atomic E-state index is 0.122. The third-order valence-corrected chi connectivity index (χ3v) is 2.90. The summed E-state index contributed by atoms with van der Waals surface area (Å²) in [6.07, 6.45) is -5.57. The van der Waals surface area contributed by atoms with Gasteiger partial charge in [-0.25, -0.2) is 4.79 Å². The molecule has 1 heterocycles. The Hall–Kier alpha value is -1.87. The molecule has 4 atom stereocenters. The van der Waals surface area contributed by atoms with Gasteiger partial charge in [0.1, 0.15) is 18.3 Å². The van der Waals surface area contributed by atoms with Crippen LogP contribution >= 0.6 is 0 Å². The van der Waals surface area contributed by atoms with Crippen LogP contribution in [0.3, 0.4) is 0 Å². The topological polar surface area (TPSA) is 137 Å². The van der Waals surface area contributed by atoms with Crippen LogP contribution in [0.2, 0.25) is 0 Å². The van der Waals surface area contributed by atoms with E-state index in [2.05, 4.69) is 0 Å². The van der Waals surface area contributed by atoms with Crippen LogP contribution in [0.4, 0.5) is 0 Å². The number of hydrogen-bond acceptors (Lipinski definition) is 7. The first-order chi connectivity index (χ1) is 9.40. The van der Waals surface area contributed by atoms with Crippen molar-refractivity contribution < 1.29 is 39.8 Å². The number of hydrogen-bond donors (Lipinski definition) is 5. The monoisotopic (exact) mass is 286 g/mol. The normalized spacial score (nSPS) is 29.9. The Bertz CT molecular complexity index is 502. The van der Waals surface area contributed by atoms with Gasteiger partial charge in [-0.05, 0) is 18.2 Å². The van der Waals surface area contributed by atoms with Gasteiger partial charge >= 0.3 is 5.97 Å². The van der Waals surface area contributed by atoms with E-state index in [1.165, 1.54) is 6.07 Å². The lowest BCUT2D eigenvalue weighted by atomic mass is 10.1. The summed E-state index contributed by atoms with van der Waals surface area (Å²) in [5.41, 5.74) is -0.122. The number of benzene rings is 1. The van der Waals surface area contributed by atoms with Crippen LogP contribution in [-0.4, -0.2) is 62.7 Å². The van der Waals surface area contributed by atoms with Crippen LogP contribution < -0.4 is 4.74 Å². The summed E-state index contributed by atoms with van der Waals surface area (Å²) in [4.78, 5) is 10.8. The Labute approximate surface area is 113 Å². The number of carbonyl (C=O) groups is 1. The first-order valence-corrected chi connectivity index (χ1v) is 5.79. The van der Waals surface area contributed by atoms with Crippen molar-refractivity contribution in [3.8, 4) is 11.5 Å². The Morgan fingerprint density at radius 3 is 2.60 bits per heavy atom. The zero-order valence-electron chi connectivity index (χ0n) is 10.2. The second-order valence-corrected chi connectivity index (χ2v) is 4.36. The van der Waals surface area contributed by atoms with Gasteiger partial charge < -0.3 is 35.0 Å². The van der Waals surface area contributed by atoms with Gasteiger partial charge in [-0.15, -0.1) is 0 Å². The van der Waals surface area contributed by atoms with E-state index in [1.807, 2.05) is 0 Å². The van der Waals surface area contributed by atoms with Crippen molar-refractivity contribution in [3.05, 3.63) is 23.8 Å². The lowest BCUT2D eigenvalue weighted by Crippen LogP contribution is -2.54. The van der Waals surface area contributed by atoms with Gasteiger partial charge in [0.15, 0.2) is 11.5 Å². The van der Waals surface area contributed by atoms with E-state index in [-0.39, 0.29) is 23.7 Å². The first kappa shape index (κ1) is 14.5. The molecule has 1 aromatic rings. The first-order valence-electron chi connectivity index (χ1n) is 5.79. The Balaban J connectivity index is 2.17. The maximum atomic E-state index is 10.8. The molecule has 0 unspecified atom stereocenters. The van der Waals surface area contributed by atoms with Crippen molar-refractivity contribution in [1.82, 2.24) is 0 Å². The number of rotatable bonds is 3. The Kier molecular flexibility index (Phi) is 4.09. The number of carboxylic acid groups (broad SMARTS) is 1. The highest BCUT2D eigenvalue weighted by Gasteiger charge is 2.39. The lowest BCUT2D eigenvalue weighted by Gasteiger charge is -2.35. The third kappa shape index (κ3) is 2.83. The quantitative estimate of drug-likeness (QED) is 0.472. The molecule has 0 aliphatic carbocycles. The molecular weight excluding hydrogens is 272 g/mol. The molecular formula is C12H14O8. The number of aliphatic hydroxyl groups excluding tert-OH is 3. The van der Waals surface area contributed by atoms with Crippen LogP contribution in [0, 0.1) is 0 Å². The number of carboxylic acids is 1. The number of phenols is 1. The van der Waals surface area contributed by atoms with Crippen molar-refractivity contribution >= 4 is 5.97 Å². The highest BCUT2D eigenvalue weighted by Crippen LogP contribution is 2.30. The highest BCUT2D eigenvalue weighted by molar-refractivity contribution is 5.88. The molecule has 0 amide bonds. The van der Waals surface area contributed by atoms with Crippen LogP contribution in [0.5, 0.6) is 11.5 Å². The van der Waals surface area contributed by atoms with E-state index in [9.17, 15) is 25.2 Å². The zero-order chi connectivity index (χ0) is 14.9. The molecule has 20 heavy (non-hydrogen) atoms. The standard InChI is InChI=1S/C12H14O8/c13-6-2-1-5(11(17)18)3-8(6)20-12-10(16)9(15)7(14)4-19-12/h1-3,7,9-10,12-16H,4H2,(H,17,18)/t7-,9+,10-,12+/m1/s1. The highest BCUT2D eigenvalue weighted by atomic mass is 16.7. The van der Waals surface area contributed by atoms with Gasteiger partial charge in [0.2, 0.25) is 6.29 Å². The second kappa shape index (κ2) is 5.63. The molecule has 2 rings (SSSR count). The lowest BCUT2D eigenvalue weighted by molar-refractivity contribution is -0.242. The average molecular weight is 286 g/mol. The second-order valence-electron chi connectivity index (χ2n) is 4.36. The van der Waals surface area contributed by atoms with Gasteiger partial charge in [-0.3, -0.25) is 0 Å². The van der Waals surface area contributed by atoms with E-state index >= 15 is 0 Å². The molecule has 0 saturated carbocycles. The number of aromatic hydroxyl groups is 1. The zero-order valence-corrected chi connectivity index (χ0v) is 10.2. The third-order valence-electron chi connectivity index (χ3n) is 2.90. The minimum Gasteiger partial charge on any atom is -0.504 e. The molecule has 0 spiro atoms. The van der Waals surface area contributed by atoms with E-state index in [4.69, 9.17) is 14.6 Å². The average Bonchev–Trinajstić information content (AvgIpc) is 2.41. The molecule has 1 aliphatic rings. The number of phenolic OH excluding ortho intramolecular Hbond substituents is 1. The molecule has 1 aliphatic heterocycles. The van der Waals surface area contributed by atoms with Gasteiger partial charge in [-0.2, -0.15) is 0 Å². The van der Waals surface area contributed by atoms with E-state index in [1.54, 1.807) is 0 Å². The molecule has 5 N–H and O–H groups in total. The van der Waals surface area contributed by atoms with E-state index in [0.29, 0.717) is 0 Å². The molecule has 8 nitrogen and oxygen atoms in total. The summed E-state index contributed by atoms with van der Waals surface area (Å²) < 4.78 is 10.1. The fourth-order valence-corrected chi connectivity index (χ4v) is 1.75. The molecule has 8 heteroatoms. The summed E-state index contributed by atoms with van der Waals surface area (Å²) in [6, 6.07) is 3.37. The van der Waals surface area contributed by atoms with Gasteiger partial charge in [0.05, 0.1) is 12.2 Å². The summed E-state index contributed by atoms with van der Waals surface area (Å²) in [7, 11) is 0. The van der Waals surface area contributed by atoms with Crippen molar-refractivity contribution in [2.75, 3.05) is 6.61 Å².